The van der Waals surface area contributed by atoms with Crippen molar-refractivity contribution in [2.75, 3.05) is 37.5 Å². The maximum absolute atomic E-state index is 5.06. The molecule has 2 rings (SSSR count). The molecular formula is C14H20N6O. The molecule has 0 aromatic carbocycles. The molecule has 7 nitrogen and oxygen atoms in total. The molecule has 0 saturated heterocycles. The van der Waals surface area contributed by atoms with E-state index in [1.165, 1.54) is 0 Å². The van der Waals surface area contributed by atoms with Crippen LogP contribution in [0.25, 0.3) is 11.4 Å². The number of hydrogen-bond acceptors (Lipinski definition) is 7. The van der Waals surface area contributed by atoms with Crippen molar-refractivity contribution >= 4 is 11.9 Å². The minimum absolute atomic E-state index is 0.540. The summed E-state index contributed by atoms with van der Waals surface area (Å²) in [4.78, 5) is 19.6. The van der Waals surface area contributed by atoms with E-state index in [0.29, 0.717) is 23.6 Å². The summed E-state index contributed by atoms with van der Waals surface area (Å²) in [6.45, 7) is 5.82. The first-order chi connectivity index (χ1) is 10.2. The Hall–Kier alpha value is -2.44. The predicted octanol–water partition coefficient (Wildman–Crippen LogP) is 1.83. The van der Waals surface area contributed by atoms with Crippen LogP contribution in [0.3, 0.4) is 0 Å². The van der Waals surface area contributed by atoms with Gasteiger partial charge in [-0.15, -0.1) is 0 Å². The highest BCUT2D eigenvalue weighted by atomic mass is 16.5. The summed E-state index contributed by atoms with van der Waals surface area (Å²) in [6.07, 6.45) is 1.69. The van der Waals surface area contributed by atoms with Crippen LogP contribution in [-0.2, 0) is 0 Å². The van der Waals surface area contributed by atoms with Crippen molar-refractivity contribution < 1.29 is 4.74 Å². The smallest absolute Gasteiger partial charge is 0.230 e. The van der Waals surface area contributed by atoms with Crippen molar-refractivity contribution in [3.8, 4) is 17.3 Å². The fourth-order valence-corrected chi connectivity index (χ4v) is 1.89. The highest BCUT2D eigenvalue weighted by Gasteiger charge is 2.12. The van der Waals surface area contributed by atoms with E-state index in [2.05, 4.69) is 44.0 Å². The van der Waals surface area contributed by atoms with Crippen molar-refractivity contribution in [2.45, 2.75) is 13.8 Å². The van der Waals surface area contributed by atoms with Gasteiger partial charge in [-0.1, -0.05) is 0 Å². The number of rotatable bonds is 6. The van der Waals surface area contributed by atoms with Crippen LogP contribution in [0.1, 0.15) is 13.8 Å². The van der Waals surface area contributed by atoms with Gasteiger partial charge in [0.15, 0.2) is 5.82 Å². The third-order valence-corrected chi connectivity index (χ3v) is 3.10. The second-order valence-corrected chi connectivity index (χ2v) is 4.29. The van der Waals surface area contributed by atoms with Crippen molar-refractivity contribution in [1.29, 1.82) is 0 Å². The number of ether oxygens (including phenoxy) is 1. The Kier molecular flexibility index (Phi) is 4.86. The van der Waals surface area contributed by atoms with E-state index in [4.69, 9.17) is 4.74 Å². The van der Waals surface area contributed by atoms with Crippen molar-refractivity contribution in [1.82, 2.24) is 19.9 Å². The molecule has 2 aromatic heterocycles. The Balaban J connectivity index is 2.44. The van der Waals surface area contributed by atoms with E-state index in [1.807, 2.05) is 6.07 Å². The van der Waals surface area contributed by atoms with Crippen LogP contribution >= 0.6 is 0 Å². The fraction of sp³-hybridized carbons (Fsp3) is 0.429. The highest BCUT2D eigenvalue weighted by molar-refractivity contribution is 5.57. The summed E-state index contributed by atoms with van der Waals surface area (Å²) >= 11 is 0. The molecule has 0 amide bonds. The monoisotopic (exact) mass is 288 g/mol. The van der Waals surface area contributed by atoms with Gasteiger partial charge in [0.25, 0.3) is 0 Å². The average Bonchev–Trinajstić information content (AvgIpc) is 2.55. The molecule has 112 valence electrons. The van der Waals surface area contributed by atoms with Gasteiger partial charge in [-0.25, -0.2) is 4.98 Å². The molecule has 2 heterocycles. The molecule has 0 atom stereocenters. The quantitative estimate of drug-likeness (QED) is 0.869. The number of nitrogens with zero attached hydrogens (tertiary/aromatic N) is 5. The van der Waals surface area contributed by atoms with Crippen LogP contribution < -0.4 is 15.0 Å². The zero-order chi connectivity index (χ0) is 15.2. The number of pyridine rings is 1. The lowest BCUT2D eigenvalue weighted by molar-refractivity contribution is 0.398. The molecule has 0 aliphatic heterocycles. The van der Waals surface area contributed by atoms with E-state index in [9.17, 15) is 0 Å². The molecule has 1 N–H and O–H groups in total. The minimum atomic E-state index is 0.540. The van der Waals surface area contributed by atoms with Gasteiger partial charge in [-0.05, 0) is 19.9 Å². The summed E-state index contributed by atoms with van der Waals surface area (Å²) in [7, 11) is 3.37. The second-order valence-electron chi connectivity index (χ2n) is 4.29. The number of aromatic nitrogens is 4. The molecule has 0 fully saturated rings. The Bertz CT molecular complexity index is 583. The Morgan fingerprint density at radius 2 is 1.90 bits per heavy atom. The van der Waals surface area contributed by atoms with Crippen LogP contribution in [0, 0.1) is 0 Å². The SMILES string of the molecule is CCN(CC)c1nc(NC)nc(-c2ccc(OC)nc2)n1. The van der Waals surface area contributed by atoms with Gasteiger partial charge < -0.3 is 15.0 Å². The first-order valence-corrected chi connectivity index (χ1v) is 6.91. The van der Waals surface area contributed by atoms with Crippen LogP contribution in [0.15, 0.2) is 18.3 Å². The number of nitrogens with one attached hydrogen (secondary N) is 1. The van der Waals surface area contributed by atoms with Gasteiger partial charge >= 0.3 is 0 Å². The van der Waals surface area contributed by atoms with Gasteiger partial charge in [-0.3, -0.25) is 0 Å². The molecule has 2 aromatic rings. The van der Waals surface area contributed by atoms with Gasteiger partial charge in [0.2, 0.25) is 17.8 Å². The van der Waals surface area contributed by atoms with E-state index >= 15 is 0 Å². The molecule has 0 aliphatic rings. The average molecular weight is 288 g/mol. The number of methoxy groups -OCH3 is 1. The van der Waals surface area contributed by atoms with Gasteiger partial charge in [0.05, 0.1) is 7.11 Å². The number of anilines is 2. The third-order valence-electron chi connectivity index (χ3n) is 3.10. The molecule has 0 radical (unpaired) electrons. The first kappa shape index (κ1) is 15.0. The lowest BCUT2D eigenvalue weighted by atomic mass is 10.2. The van der Waals surface area contributed by atoms with Crippen LogP contribution in [-0.4, -0.2) is 47.2 Å². The molecular weight excluding hydrogens is 268 g/mol. The van der Waals surface area contributed by atoms with Crippen molar-refractivity contribution in [3.05, 3.63) is 18.3 Å². The van der Waals surface area contributed by atoms with E-state index in [1.54, 1.807) is 26.4 Å². The topological polar surface area (TPSA) is 76.1 Å². The highest BCUT2D eigenvalue weighted by Crippen LogP contribution is 2.20. The summed E-state index contributed by atoms with van der Waals surface area (Å²) in [5, 5.41) is 2.97. The number of hydrogen-bond donors (Lipinski definition) is 1. The third kappa shape index (κ3) is 3.36. The van der Waals surface area contributed by atoms with Crippen LogP contribution in [0.4, 0.5) is 11.9 Å². The zero-order valence-electron chi connectivity index (χ0n) is 12.8. The minimum Gasteiger partial charge on any atom is -0.481 e. The van der Waals surface area contributed by atoms with Gasteiger partial charge in [0.1, 0.15) is 0 Å². The van der Waals surface area contributed by atoms with Crippen molar-refractivity contribution in [3.63, 3.8) is 0 Å². The normalized spacial score (nSPS) is 10.3. The molecule has 0 unspecified atom stereocenters. The Morgan fingerprint density at radius 3 is 2.43 bits per heavy atom. The molecule has 7 heteroatoms. The fourth-order valence-electron chi connectivity index (χ4n) is 1.89. The van der Waals surface area contributed by atoms with E-state index in [-0.39, 0.29) is 0 Å². The lowest BCUT2D eigenvalue weighted by Gasteiger charge is -2.19. The Morgan fingerprint density at radius 1 is 1.14 bits per heavy atom. The molecule has 21 heavy (non-hydrogen) atoms. The molecule has 0 saturated carbocycles. The summed E-state index contributed by atoms with van der Waals surface area (Å²) < 4.78 is 5.06. The van der Waals surface area contributed by atoms with E-state index in [0.717, 1.165) is 18.7 Å². The zero-order valence-corrected chi connectivity index (χ0v) is 12.8. The largest absolute Gasteiger partial charge is 0.481 e. The maximum Gasteiger partial charge on any atom is 0.230 e. The van der Waals surface area contributed by atoms with Crippen molar-refractivity contribution in [2.24, 2.45) is 0 Å². The molecule has 0 bridgehead atoms. The van der Waals surface area contributed by atoms with Crippen LogP contribution in [0.2, 0.25) is 0 Å². The van der Waals surface area contributed by atoms with Crippen LogP contribution in [0.5, 0.6) is 5.88 Å². The first-order valence-electron chi connectivity index (χ1n) is 6.91. The Labute approximate surface area is 124 Å². The molecule has 0 aliphatic carbocycles. The lowest BCUT2D eigenvalue weighted by Crippen LogP contribution is -2.25. The summed E-state index contributed by atoms with van der Waals surface area (Å²) in [5.41, 5.74) is 0.822. The summed E-state index contributed by atoms with van der Waals surface area (Å²) in [6, 6.07) is 3.67. The summed E-state index contributed by atoms with van der Waals surface area (Å²) in [5.74, 6) is 2.35. The van der Waals surface area contributed by atoms with E-state index < -0.39 is 0 Å². The predicted molar refractivity (Wildman–Crippen MR) is 82.7 cm³/mol. The molecule has 0 spiro atoms. The second kappa shape index (κ2) is 6.83. The standard InChI is InChI=1S/C14H20N6O/c1-5-20(6-2)14-18-12(17-13(15-3)19-14)10-7-8-11(21-4)16-9-10/h7-9H,5-6H2,1-4H3,(H,15,17,18,19). The maximum atomic E-state index is 5.06. The van der Waals surface area contributed by atoms with Gasteiger partial charge in [0, 0.05) is 38.0 Å². The van der Waals surface area contributed by atoms with Gasteiger partial charge in [-0.2, -0.15) is 15.0 Å².